The second-order valence-electron chi connectivity index (χ2n) is 8.57. The second kappa shape index (κ2) is 12.5. The molecule has 186 valence electrons. The zero-order valence-electron chi connectivity index (χ0n) is 20.1. The average molecular weight is 498 g/mol. The van der Waals surface area contributed by atoms with Gasteiger partial charge < -0.3 is 19.3 Å². The summed E-state index contributed by atoms with van der Waals surface area (Å²) < 4.78 is 13.1. The summed E-state index contributed by atoms with van der Waals surface area (Å²) >= 11 is 1.69. The fourth-order valence-electron chi connectivity index (χ4n) is 3.62. The molecule has 10 nitrogen and oxygen atoms in total. The van der Waals surface area contributed by atoms with E-state index in [2.05, 4.69) is 25.4 Å². The van der Waals surface area contributed by atoms with Crippen molar-refractivity contribution < 1.29 is 14.3 Å². The molecule has 0 bridgehead atoms. The molecule has 0 aliphatic carbocycles. The number of benzene rings is 1. The predicted molar refractivity (Wildman–Crippen MR) is 133 cm³/mol. The van der Waals surface area contributed by atoms with E-state index in [0.29, 0.717) is 36.6 Å². The van der Waals surface area contributed by atoms with Gasteiger partial charge in [-0.2, -0.15) is 0 Å². The van der Waals surface area contributed by atoms with E-state index in [1.54, 1.807) is 22.9 Å². The Morgan fingerprint density at radius 3 is 2.66 bits per heavy atom. The van der Waals surface area contributed by atoms with Crippen LogP contribution < -0.4 is 9.47 Å². The number of aromatic nitrogens is 5. The molecule has 1 aliphatic heterocycles. The highest BCUT2D eigenvalue weighted by atomic mass is 32.2. The van der Waals surface area contributed by atoms with Crippen LogP contribution in [0, 0.1) is 0 Å². The number of hydrogen-bond donors (Lipinski definition) is 0. The maximum atomic E-state index is 12.6. The van der Waals surface area contributed by atoms with Crippen LogP contribution in [0.2, 0.25) is 0 Å². The monoisotopic (exact) mass is 497 g/mol. The smallest absolute Gasteiger partial charge is 0.415 e. The summed E-state index contributed by atoms with van der Waals surface area (Å²) in [5.74, 6) is 1.16. The SMILES string of the molecule is CN(C)CCn1nnnc1SC1CCN(C(=O)Oc2ccc(CCOc3ccccn3)cc2)CC1. The molecule has 0 saturated carbocycles. The maximum absolute atomic E-state index is 12.6. The quantitative estimate of drug-likeness (QED) is 0.418. The molecular weight excluding hydrogens is 466 g/mol. The molecule has 3 aromatic rings. The number of likely N-dealkylation sites (tertiary alicyclic amines) is 1. The van der Waals surface area contributed by atoms with Crippen LogP contribution >= 0.6 is 11.8 Å². The number of carbonyl (C=O) groups excluding carboxylic acids is 1. The summed E-state index contributed by atoms with van der Waals surface area (Å²) in [4.78, 5) is 20.6. The van der Waals surface area contributed by atoms with E-state index in [1.807, 2.05) is 61.2 Å². The molecule has 4 rings (SSSR count). The van der Waals surface area contributed by atoms with E-state index in [4.69, 9.17) is 9.47 Å². The van der Waals surface area contributed by atoms with Gasteiger partial charge in [-0.25, -0.2) is 14.5 Å². The predicted octanol–water partition coefficient (Wildman–Crippen LogP) is 3.01. The normalized spacial score (nSPS) is 14.3. The Balaban J connectivity index is 1.18. The van der Waals surface area contributed by atoms with Gasteiger partial charge in [-0.1, -0.05) is 30.0 Å². The number of likely N-dealkylation sites (N-methyl/N-ethyl adjacent to an activating group) is 1. The molecule has 0 unspecified atom stereocenters. The highest BCUT2D eigenvalue weighted by molar-refractivity contribution is 7.99. The molecule has 1 amide bonds. The van der Waals surface area contributed by atoms with Gasteiger partial charge in [0, 0.05) is 43.6 Å². The number of pyridine rings is 1. The minimum Gasteiger partial charge on any atom is -0.477 e. The molecular formula is C24H31N7O3S. The maximum Gasteiger partial charge on any atom is 0.415 e. The van der Waals surface area contributed by atoms with Crippen molar-refractivity contribution in [1.29, 1.82) is 0 Å². The number of hydrogen-bond acceptors (Lipinski definition) is 9. The Labute approximate surface area is 209 Å². The summed E-state index contributed by atoms with van der Waals surface area (Å²) in [6.07, 6.45) is 3.88. The summed E-state index contributed by atoms with van der Waals surface area (Å²) in [6, 6.07) is 13.1. The van der Waals surface area contributed by atoms with E-state index in [0.717, 1.165) is 43.1 Å². The summed E-state index contributed by atoms with van der Waals surface area (Å²) in [7, 11) is 4.06. The highest BCUT2D eigenvalue weighted by Crippen LogP contribution is 2.29. The zero-order valence-corrected chi connectivity index (χ0v) is 20.9. The van der Waals surface area contributed by atoms with Crippen LogP contribution in [0.4, 0.5) is 4.79 Å². The van der Waals surface area contributed by atoms with Gasteiger partial charge in [0.15, 0.2) is 0 Å². The van der Waals surface area contributed by atoms with Crippen LogP contribution in [0.3, 0.4) is 0 Å². The molecule has 0 spiro atoms. The minimum absolute atomic E-state index is 0.310. The third-order valence-corrected chi connectivity index (χ3v) is 6.95. The van der Waals surface area contributed by atoms with Crippen molar-refractivity contribution in [3.8, 4) is 11.6 Å². The van der Waals surface area contributed by atoms with Gasteiger partial charge in [-0.3, -0.25) is 0 Å². The van der Waals surface area contributed by atoms with Gasteiger partial charge in [0.1, 0.15) is 5.75 Å². The Morgan fingerprint density at radius 1 is 1.14 bits per heavy atom. The first-order valence-electron chi connectivity index (χ1n) is 11.7. The fraction of sp³-hybridized carbons (Fsp3) is 0.458. The number of piperidine rings is 1. The van der Waals surface area contributed by atoms with Crippen LogP contribution in [-0.2, 0) is 13.0 Å². The molecule has 11 heteroatoms. The molecule has 0 radical (unpaired) electrons. The van der Waals surface area contributed by atoms with Crippen molar-refractivity contribution >= 4 is 17.9 Å². The lowest BCUT2D eigenvalue weighted by Gasteiger charge is -2.30. The number of rotatable bonds is 10. The van der Waals surface area contributed by atoms with Crippen LogP contribution in [0.25, 0.3) is 0 Å². The molecule has 3 heterocycles. The Hall–Kier alpha value is -3.18. The molecule has 2 aromatic heterocycles. The van der Waals surface area contributed by atoms with E-state index in [-0.39, 0.29) is 6.09 Å². The summed E-state index contributed by atoms with van der Waals surface area (Å²) in [5.41, 5.74) is 1.10. The van der Waals surface area contributed by atoms with Crippen LogP contribution in [0.15, 0.2) is 53.8 Å². The molecule has 1 saturated heterocycles. The number of ether oxygens (including phenoxy) is 2. The van der Waals surface area contributed by atoms with E-state index in [1.165, 1.54) is 0 Å². The van der Waals surface area contributed by atoms with Crippen molar-refractivity contribution in [2.75, 3.05) is 40.3 Å². The Morgan fingerprint density at radius 2 is 1.94 bits per heavy atom. The zero-order chi connectivity index (χ0) is 24.5. The number of nitrogens with zero attached hydrogens (tertiary/aromatic N) is 7. The van der Waals surface area contributed by atoms with Gasteiger partial charge in [0.05, 0.1) is 13.2 Å². The van der Waals surface area contributed by atoms with Crippen LogP contribution in [-0.4, -0.2) is 86.7 Å². The second-order valence-corrected chi connectivity index (χ2v) is 9.84. The third-order valence-electron chi connectivity index (χ3n) is 5.64. The lowest BCUT2D eigenvalue weighted by molar-refractivity contribution is 0.143. The number of thioether (sulfide) groups is 1. The van der Waals surface area contributed by atoms with Gasteiger partial charge >= 0.3 is 6.09 Å². The fourth-order valence-corrected chi connectivity index (χ4v) is 4.69. The molecule has 0 N–H and O–H groups in total. The minimum atomic E-state index is -0.310. The standard InChI is InChI=1S/C24H31N7O3S/c1-29(2)16-17-31-23(26-27-28-31)35-21-10-14-30(15-11-21)24(32)34-20-8-6-19(7-9-20)12-18-33-22-5-3-4-13-25-22/h3-9,13,21H,10-12,14-18H2,1-2H3. The van der Waals surface area contributed by atoms with Gasteiger partial charge in [0.2, 0.25) is 11.0 Å². The van der Waals surface area contributed by atoms with Crippen molar-refractivity contribution in [2.24, 2.45) is 0 Å². The van der Waals surface area contributed by atoms with Gasteiger partial charge in [-0.15, -0.1) is 5.10 Å². The van der Waals surface area contributed by atoms with Crippen LogP contribution in [0.5, 0.6) is 11.6 Å². The van der Waals surface area contributed by atoms with E-state index in [9.17, 15) is 4.79 Å². The summed E-state index contributed by atoms with van der Waals surface area (Å²) in [5, 5.41) is 13.3. The molecule has 1 fully saturated rings. The Kier molecular flexibility index (Phi) is 8.90. The number of amides is 1. The third kappa shape index (κ3) is 7.66. The van der Waals surface area contributed by atoms with Crippen molar-refractivity contribution in [1.82, 2.24) is 35.0 Å². The molecule has 0 atom stereocenters. The van der Waals surface area contributed by atoms with E-state index < -0.39 is 0 Å². The van der Waals surface area contributed by atoms with Gasteiger partial charge in [-0.05, 0) is 61.1 Å². The van der Waals surface area contributed by atoms with Crippen molar-refractivity contribution in [2.45, 2.75) is 36.2 Å². The molecule has 1 aliphatic rings. The first-order valence-corrected chi connectivity index (χ1v) is 12.6. The summed E-state index contributed by atoms with van der Waals surface area (Å²) in [6.45, 7) is 3.47. The number of carbonyl (C=O) groups is 1. The van der Waals surface area contributed by atoms with Crippen molar-refractivity contribution in [3.05, 3.63) is 54.2 Å². The first kappa shape index (κ1) is 24.9. The lowest BCUT2D eigenvalue weighted by atomic mass is 10.1. The largest absolute Gasteiger partial charge is 0.477 e. The van der Waals surface area contributed by atoms with Crippen LogP contribution in [0.1, 0.15) is 18.4 Å². The van der Waals surface area contributed by atoms with E-state index >= 15 is 0 Å². The number of tetrazole rings is 1. The lowest BCUT2D eigenvalue weighted by Crippen LogP contribution is -2.41. The van der Waals surface area contributed by atoms with Crippen molar-refractivity contribution in [3.63, 3.8) is 0 Å². The topological polar surface area (TPSA) is 98.5 Å². The Bertz CT molecular complexity index is 1050. The molecule has 35 heavy (non-hydrogen) atoms. The van der Waals surface area contributed by atoms with Gasteiger partial charge in [0.25, 0.3) is 0 Å². The molecule has 1 aromatic carbocycles. The average Bonchev–Trinajstić information content (AvgIpc) is 3.31. The first-order chi connectivity index (χ1) is 17.1. The highest BCUT2D eigenvalue weighted by Gasteiger charge is 2.26.